The Labute approximate surface area is 212 Å². The first-order chi connectivity index (χ1) is 17.5. The monoisotopic (exact) mass is 539 g/mol. The fourth-order valence-corrected chi connectivity index (χ4v) is 5.37. The average Bonchev–Trinajstić information content (AvgIpc) is 3.34. The summed E-state index contributed by atoms with van der Waals surface area (Å²) in [7, 11) is 0. The Hall–Kier alpha value is -1.44. The minimum Gasteiger partial charge on any atom is -0.359 e. The maximum atomic E-state index is 14.7. The molecule has 7 atom stereocenters. The predicted molar refractivity (Wildman–Crippen MR) is 123 cm³/mol. The summed E-state index contributed by atoms with van der Waals surface area (Å²) in [5.74, 6) is -1.71. The number of nitrogens with one attached hydrogen (secondary N) is 3. The van der Waals surface area contributed by atoms with Gasteiger partial charge in [-0.1, -0.05) is 56.5 Å². The van der Waals surface area contributed by atoms with Crippen LogP contribution in [-0.2, 0) is 20.8 Å². The Kier molecular flexibility index (Phi) is 9.07. The smallest absolute Gasteiger partial charge is 0.359 e. The molecule has 37 heavy (non-hydrogen) atoms. The van der Waals surface area contributed by atoms with Gasteiger partial charge >= 0.3 is 12.4 Å². The summed E-state index contributed by atoms with van der Waals surface area (Å²) < 4.78 is 103. The molecule has 0 amide bonds. The third kappa shape index (κ3) is 6.59. The highest BCUT2D eigenvalue weighted by Gasteiger charge is 2.63. The van der Waals surface area contributed by atoms with Crippen molar-refractivity contribution in [2.45, 2.75) is 114 Å². The van der Waals surface area contributed by atoms with Crippen LogP contribution >= 0.6 is 0 Å². The van der Waals surface area contributed by atoms with Crippen molar-refractivity contribution in [3.8, 4) is 0 Å². The molecule has 0 saturated carbocycles. The van der Waals surface area contributed by atoms with E-state index >= 15 is 0 Å². The first-order valence-electron chi connectivity index (χ1n) is 12.9. The third-order valence-corrected chi connectivity index (χ3v) is 7.57. The number of fused-ring (bicyclic) bond motifs is 5. The van der Waals surface area contributed by atoms with Crippen LogP contribution in [-0.4, -0.2) is 48.8 Å². The van der Waals surface area contributed by atoms with Crippen LogP contribution < -0.4 is 16.2 Å². The fourth-order valence-electron chi connectivity index (χ4n) is 5.37. The number of benzene rings is 1. The Morgan fingerprint density at radius 3 is 2.35 bits per heavy atom. The molecular formula is C25H35F6N3O3. The largest absolute Gasteiger partial charge is 0.421 e. The van der Waals surface area contributed by atoms with Gasteiger partial charge in [0.15, 0.2) is 6.23 Å². The van der Waals surface area contributed by atoms with E-state index in [1.165, 1.54) is 0 Å². The van der Waals surface area contributed by atoms with Crippen LogP contribution in [0.25, 0.3) is 0 Å². The molecule has 6 nitrogen and oxygen atoms in total. The molecule has 3 fully saturated rings. The van der Waals surface area contributed by atoms with Crippen molar-refractivity contribution in [2.24, 2.45) is 5.92 Å². The van der Waals surface area contributed by atoms with Crippen LogP contribution in [0.1, 0.15) is 63.9 Å². The van der Waals surface area contributed by atoms with E-state index in [0.29, 0.717) is 31.2 Å². The van der Waals surface area contributed by atoms with E-state index < -0.39 is 54.7 Å². The summed E-state index contributed by atoms with van der Waals surface area (Å²) in [5, 5.41) is 2.89. The van der Waals surface area contributed by atoms with Crippen LogP contribution in [0, 0.1) is 5.92 Å². The molecule has 0 spiro atoms. The third-order valence-electron chi connectivity index (χ3n) is 7.57. The number of alkyl halides is 6. The van der Waals surface area contributed by atoms with E-state index in [0.717, 1.165) is 0 Å². The van der Waals surface area contributed by atoms with E-state index in [-0.39, 0.29) is 32.3 Å². The van der Waals surface area contributed by atoms with E-state index in [1.807, 2.05) is 6.92 Å². The number of hydrogen-bond donors (Lipinski definition) is 3. The molecule has 4 rings (SSSR count). The molecule has 3 aliphatic rings. The molecule has 3 heterocycles. The van der Waals surface area contributed by atoms with Gasteiger partial charge in [0.05, 0.1) is 24.7 Å². The zero-order valence-corrected chi connectivity index (χ0v) is 20.7. The molecule has 3 N–H and O–H groups in total. The SMILES string of the molecule is CCC1CCCCC[C@](OCc2ccccc2)(C(F)(F)F)C2NNC(O2)C2CCC(C(F)(F)F)C(N2)O1. The molecule has 3 saturated heterocycles. The van der Waals surface area contributed by atoms with Crippen LogP contribution in [0.2, 0.25) is 0 Å². The zero-order valence-electron chi connectivity index (χ0n) is 20.7. The molecule has 6 unspecified atom stereocenters. The van der Waals surface area contributed by atoms with Crippen molar-refractivity contribution in [1.29, 1.82) is 0 Å². The molecular weight excluding hydrogens is 504 g/mol. The molecule has 3 aliphatic heterocycles. The minimum absolute atomic E-state index is 0.0524. The van der Waals surface area contributed by atoms with Crippen LogP contribution in [0.4, 0.5) is 26.3 Å². The van der Waals surface area contributed by atoms with Gasteiger partial charge in [0.2, 0.25) is 5.60 Å². The molecule has 12 heteroatoms. The minimum atomic E-state index is -4.77. The van der Waals surface area contributed by atoms with Crippen molar-refractivity contribution in [1.82, 2.24) is 16.2 Å². The summed E-state index contributed by atoms with van der Waals surface area (Å²) in [6.45, 7) is 1.56. The van der Waals surface area contributed by atoms with E-state index in [1.54, 1.807) is 30.3 Å². The number of hydrogen-bond acceptors (Lipinski definition) is 6. The number of hydrazine groups is 1. The Bertz CT molecular complexity index is 858. The van der Waals surface area contributed by atoms with Crippen molar-refractivity contribution < 1.29 is 40.6 Å². The fraction of sp³-hybridized carbons (Fsp3) is 0.760. The second-order valence-corrected chi connectivity index (χ2v) is 10.1. The van der Waals surface area contributed by atoms with Crippen LogP contribution in [0.5, 0.6) is 0 Å². The molecule has 4 bridgehead atoms. The first-order valence-corrected chi connectivity index (χ1v) is 12.9. The van der Waals surface area contributed by atoms with Gasteiger partial charge in [-0.05, 0) is 37.7 Å². The zero-order chi connectivity index (χ0) is 26.7. The summed E-state index contributed by atoms with van der Waals surface area (Å²) in [4.78, 5) is 0. The van der Waals surface area contributed by atoms with Crippen LogP contribution in [0.15, 0.2) is 30.3 Å². The quantitative estimate of drug-likeness (QED) is 0.452. The lowest BCUT2D eigenvalue weighted by Gasteiger charge is -2.42. The predicted octanol–water partition coefficient (Wildman–Crippen LogP) is 5.30. The lowest BCUT2D eigenvalue weighted by atomic mass is 9.90. The second kappa shape index (κ2) is 11.7. The first kappa shape index (κ1) is 28.6. The molecule has 1 aromatic rings. The van der Waals surface area contributed by atoms with E-state index in [9.17, 15) is 26.3 Å². The average molecular weight is 540 g/mol. The molecule has 0 radical (unpaired) electrons. The summed E-state index contributed by atoms with van der Waals surface area (Å²) >= 11 is 0. The summed E-state index contributed by atoms with van der Waals surface area (Å²) in [5.41, 5.74) is 3.27. The van der Waals surface area contributed by atoms with Gasteiger partial charge in [0.1, 0.15) is 12.5 Å². The van der Waals surface area contributed by atoms with Gasteiger partial charge in [-0.3, -0.25) is 5.32 Å². The number of piperidine rings is 1. The maximum absolute atomic E-state index is 14.7. The van der Waals surface area contributed by atoms with Gasteiger partial charge in [-0.25, -0.2) is 10.9 Å². The standard InChI is InChI=1S/C25H35F6N3O3/c1-2-17-11-7-4-8-14-23(25(29,30)31,35-15-16-9-5-3-6-10-16)22-34-33-21(37-22)19-13-12-18(24(26,27)28)20(32-19)36-17/h3,5-6,9-10,17-22,32-34H,2,4,7-8,11-15H2,1H3/t17?,18?,19?,20?,21?,22?,23-/m1/s1. The summed E-state index contributed by atoms with van der Waals surface area (Å²) in [6, 6.07) is 7.89. The number of rotatable bonds is 4. The van der Waals surface area contributed by atoms with Gasteiger partial charge < -0.3 is 14.2 Å². The van der Waals surface area contributed by atoms with Gasteiger partial charge in [-0.2, -0.15) is 26.3 Å². The van der Waals surface area contributed by atoms with Crippen molar-refractivity contribution in [3.05, 3.63) is 35.9 Å². The Morgan fingerprint density at radius 1 is 0.919 bits per heavy atom. The lowest BCUT2D eigenvalue weighted by Crippen LogP contribution is -2.61. The maximum Gasteiger partial charge on any atom is 0.421 e. The van der Waals surface area contributed by atoms with E-state index in [4.69, 9.17) is 14.2 Å². The summed E-state index contributed by atoms with van der Waals surface area (Å²) in [6.07, 6.45) is -11.9. The highest BCUT2D eigenvalue weighted by Crippen LogP contribution is 2.44. The lowest BCUT2D eigenvalue weighted by molar-refractivity contribution is -0.321. The Balaban J connectivity index is 1.60. The van der Waals surface area contributed by atoms with Crippen molar-refractivity contribution in [3.63, 3.8) is 0 Å². The van der Waals surface area contributed by atoms with Gasteiger partial charge in [-0.15, -0.1) is 0 Å². The molecule has 210 valence electrons. The van der Waals surface area contributed by atoms with Crippen molar-refractivity contribution >= 4 is 0 Å². The highest BCUT2D eigenvalue weighted by molar-refractivity contribution is 5.14. The Morgan fingerprint density at radius 2 is 1.68 bits per heavy atom. The number of halogens is 6. The molecule has 0 aliphatic carbocycles. The van der Waals surface area contributed by atoms with E-state index in [2.05, 4.69) is 16.2 Å². The molecule has 0 aromatic heterocycles. The van der Waals surface area contributed by atoms with Crippen LogP contribution in [0.3, 0.4) is 0 Å². The second-order valence-electron chi connectivity index (χ2n) is 10.1. The number of ether oxygens (including phenoxy) is 3. The normalized spacial score (nSPS) is 36.2. The molecule has 1 aromatic carbocycles. The topological polar surface area (TPSA) is 63.8 Å². The van der Waals surface area contributed by atoms with Gasteiger partial charge in [0, 0.05) is 0 Å². The van der Waals surface area contributed by atoms with Crippen molar-refractivity contribution in [2.75, 3.05) is 0 Å². The highest BCUT2D eigenvalue weighted by atomic mass is 19.4. The van der Waals surface area contributed by atoms with Gasteiger partial charge in [0.25, 0.3) is 0 Å².